The van der Waals surface area contributed by atoms with Crippen molar-refractivity contribution in [2.45, 2.75) is 23.5 Å². The topological polar surface area (TPSA) is 50.3 Å². The first-order valence-corrected chi connectivity index (χ1v) is 12.7. The van der Waals surface area contributed by atoms with Crippen molar-refractivity contribution in [3.63, 3.8) is 0 Å². The van der Waals surface area contributed by atoms with E-state index in [1.165, 1.54) is 16.6 Å². The largest absolute Gasteiger partial charge is 0.263 e. The molecule has 0 aliphatic heterocycles. The number of nitrogens with zero attached hydrogens (tertiary/aromatic N) is 2. The van der Waals surface area contributed by atoms with E-state index >= 15 is 0 Å². The zero-order valence-corrected chi connectivity index (χ0v) is 18.1. The van der Waals surface area contributed by atoms with E-state index < -0.39 is 10.0 Å². The average Bonchev–Trinajstić information content (AvgIpc) is 3.24. The summed E-state index contributed by atoms with van der Waals surface area (Å²) in [6.07, 6.45) is 4.73. The molecule has 4 nitrogen and oxygen atoms in total. The van der Waals surface area contributed by atoms with Gasteiger partial charge in [0.25, 0.3) is 0 Å². The molecule has 0 amide bonds. The van der Waals surface area contributed by atoms with Gasteiger partial charge in [0.1, 0.15) is 4.90 Å². The van der Waals surface area contributed by atoms with Crippen molar-refractivity contribution in [3.8, 4) is 0 Å². The van der Waals surface area contributed by atoms with Crippen LogP contribution in [-0.2, 0) is 22.2 Å². The average molecular weight is 433 g/mol. The SMILES string of the molecule is O=S(=O)(c1cccnc1)N(CCCc1cccs1)CCSCc1ccccc1. The molecule has 0 aliphatic rings. The van der Waals surface area contributed by atoms with Crippen molar-refractivity contribution in [2.24, 2.45) is 0 Å². The van der Waals surface area contributed by atoms with E-state index in [4.69, 9.17) is 0 Å². The maximum absolute atomic E-state index is 13.1. The molecule has 0 unspecified atom stereocenters. The van der Waals surface area contributed by atoms with Gasteiger partial charge < -0.3 is 0 Å². The van der Waals surface area contributed by atoms with Crippen LogP contribution in [0.1, 0.15) is 16.9 Å². The van der Waals surface area contributed by atoms with Gasteiger partial charge in [-0.2, -0.15) is 16.1 Å². The van der Waals surface area contributed by atoms with E-state index in [-0.39, 0.29) is 4.90 Å². The Bertz CT molecular complexity index is 915. The molecule has 0 atom stereocenters. The fraction of sp³-hybridized carbons (Fsp3) is 0.286. The highest BCUT2D eigenvalue weighted by atomic mass is 32.2. The molecule has 1 aromatic carbocycles. The van der Waals surface area contributed by atoms with E-state index in [9.17, 15) is 8.42 Å². The Kier molecular flexibility index (Phi) is 8.09. The van der Waals surface area contributed by atoms with Gasteiger partial charge in [-0.25, -0.2) is 8.42 Å². The number of sulfonamides is 1. The highest BCUT2D eigenvalue weighted by Gasteiger charge is 2.24. The van der Waals surface area contributed by atoms with E-state index in [1.807, 2.05) is 24.3 Å². The first-order chi connectivity index (χ1) is 13.7. The third kappa shape index (κ3) is 6.17. The Labute approximate surface area is 175 Å². The van der Waals surface area contributed by atoms with Gasteiger partial charge in [-0.1, -0.05) is 36.4 Å². The number of aromatic nitrogens is 1. The van der Waals surface area contributed by atoms with Crippen molar-refractivity contribution in [3.05, 3.63) is 82.8 Å². The van der Waals surface area contributed by atoms with Crippen LogP contribution in [0.5, 0.6) is 0 Å². The lowest BCUT2D eigenvalue weighted by molar-refractivity contribution is 0.423. The van der Waals surface area contributed by atoms with Gasteiger partial charge in [0.15, 0.2) is 0 Å². The lowest BCUT2D eigenvalue weighted by Gasteiger charge is -2.22. The predicted octanol–water partition coefficient (Wildman–Crippen LogP) is 4.70. The standard InChI is InChI=1S/C21H24N2O2S3/c24-28(25,21-11-4-12-22-17-21)23(13-5-9-20-10-6-15-27-20)14-16-26-18-19-7-2-1-3-8-19/h1-4,6-8,10-12,15,17H,5,9,13-14,16,18H2. The molecule has 148 valence electrons. The third-order valence-corrected chi connectivity index (χ3v) is 8.11. The van der Waals surface area contributed by atoms with Gasteiger partial charge in [0.05, 0.1) is 0 Å². The molecule has 0 saturated heterocycles. The monoisotopic (exact) mass is 432 g/mol. The molecule has 3 aromatic rings. The van der Waals surface area contributed by atoms with Crippen molar-refractivity contribution in [1.29, 1.82) is 0 Å². The van der Waals surface area contributed by atoms with Crippen molar-refractivity contribution in [1.82, 2.24) is 9.29 Å². The first kappa shape index (κ1) is 21.0. The number of pyridine rings is 1. The summed E-state index contributed by atoms with van der Waals surface area (Å²) in [4.78, 5) is 5.53. The van der Waals surface area contributed by atoms with Gasteiger partial charge in [-0.15, -0.1) is 11.3 Å². The second-order valence-electron chi connectivity index (χ2n) is 6.31. The van der Waals surface area contributed by atoms with Gasteiger partial charge in [0, 0.05) is 41.9 Å². The molecule has 0 radical (unpaired) electrons. The summed E-state index contributed by atoms with van der Waals surface area (Å²) >= 11 is 3.47. The highest BCUT2D eigenvalue weighted by Crippen LogP contribution is 2.19. The molecule has 0 N–H and O–H groups in total. The minimum Gasteiger partial charge on any atom is -0.263 e. The number of benzene rings is 1. The van der Waals surface area contributed by atoms with Crippen molar-refractivity contribution < 1.29 is 8.42 Å². The minimum atomic E-state index is -3.53. The molecule has 28 heavy (non-hydrogen) atoms. The summed E-state index contributed by atoms with van der Waals surface area (Å²) < 4.78 is 27.7. The van der Waals surface area contributed by atoms with Crippen LogP contribution in [0, 0.1) is 0 Å². The Morgan fingerprint density at radius 3 is 2.57 bits per heavy atom. The number of hydrogen-bond donors (Lipinski definition) is 0. The third-order valence-electron chi connectivity index (χ3n) is 4.28. The number of thioether (sulfide) groups is 1. The van der Waals surface area contributed by atoms with E-state index in [0.29, 0.717) is 13.1 Å². The number of aryl methyl sites for hydroxylation is 1. The zero-order chi connectivity index (χ0) is 19.7. The summed E-state index contributed by atoms with van der Waals surface area (Å²) in [6, 6.07) is 17.7. The maximum atomic E-state index is 13.1. The zero-order valence-electron chi connectivity index (χ0n) is 15.6. The molecular formula is C21H24N2O2S3. The number of thiophene rings is 1. The van der Waals surface area contributed by atoms with Gasteiger partial charge in [-0.05, 0) is 42.0 Å². The van der Waals surface area contributed by atoms with Gasteiger partial charge in [-0.3, -0.25) is 4.98 Å². The molecule has 0 saturated carbocycles. The van der Waals surface area contributed by atoms with Crippen molar-refractivity contribution >= 4 is 33.1 Å². The molecule has 7 heteroatoms. The van der Waals surface area contributed by atoms with Crippen LogP contribution in [-0.4, -0.2) is 36.5 Å². The Morgan fingerprint density at radius 2 is 1.86 bits per heavy atom. The van der Waals surface area contributed by atoms with Crippen LogP contribution < -0.4 is 0 Å². The molecule has 0 aliphatic carbocycles. The molecule has 2 heterocycles. The molecule has 0 fully saturated rings. The van der Waals surface area contributed by atoms with Crippen LogP contribution in [0.4, 0.5) is 0 Å². The number of rotatable bonds is 11. The molecular weight excluding hydrogens is 408 g/mol. The fourth-order valence-corrected chi connectivity index (χ4v) is 6.05. The van der Waals surface area contributed by atoms with Crippen molar-refractivity contribution in [2.75, 3.05) is 18.8 Å². The van der Waals surface area contributed by atoms with Gasteiger partial charge in [0.2, 0.25) is 10.0 Å². The molecule has 0 spiro atoms. The molecule has 3 rings (SSSR count). The van der Waals surface area contributed by atoms with Crippen LogP contribution in [0.25, 0.3) is 0 Å². The fourth-order valence-electron chi connectivity index (χ4n) is 2.82. The summed E-state index contributed by atoms with van der Waals surface area (Å²) in [5, 5.41) is 2.06. The van der Waals surface area contributed by atoms with E-state index in [2.05, 4.69) is 28.6 Å². The predicted molar refractivity (Wildman–Crippen MR) is 118 cm³/mol. The highest BCUT2D eigenvalue weighted by molar-refractivity contribution is 7.98. The molecule has 0 bridgehead atoms. The second-order valence-corrected chi connectivity index (χ2v) is 10.4. The Morgan fingerprint density at radius 1 is 1.00 bits per heavy atom. The maximum Gasteiger partial charge on any atom is 0.244 e. The second kappa shape index (κ2) is 10.8. The molecule has 2 aromatic heterocycles. The van der Waals surface area contributed by atoms with Crippen LogP contribution in [0.3, 0.4) is 0 Å². The summed E-state index contributed by atoms with van der Waals surface area (Å²) in [6.45, 7) is 1.01. The van der Waals surface area contributed by atoms with Crippen LogP contribution in [0.2, 0.25) is 0 Å². The van der Waals surface area contributed by atoms with Crippen LogP contribution >= 0.6 is 23.1 Å². The lowest BCUT2D eigenvalue weighted by atomic mass is 10.2. The summed E-state index contributed by atoms with van der Waals surface area (Å²) in [5.74, 6) is 1.64. The quantitative estimate of drug-likeness (QED) is 0.412. The summed E-state index contributed by atoms with van der Waals surface area (Å²) in [5.41, 5.74) is 1.26. The van der Waals surface area contributed by atoms with Crippen LogP contribution in [0.15, 0.2) is 77.3 Å². The Balaban J connectivity index is 1.60. The summed E-state index contributed by atoms with van der Waals surface area (Å²) in [7, 11) is -3.53. The normalized spacial score (nSPS) is 11.8. The lowest BCUT2D eigenvalue weighted by Crippen LogP contribution is -2.34. The Hall–Kier alpha value is -1.67. The van der Waals surface area contributed by atoms with E-state index in [0.717, 1.165) is 24.3 Å². The first-order valence-electron chi connectivity index (χ1n) is 9.20. The number of hydrogen-bond acceptors (Lipinski definition) is 5. The van der Waals surface area contributed by atoms with E-state index in [1.54, 1.807) is 45.7 Å². The van der Waals surface area contributed by atoms with Gasteiger partial charge >= 0.3 is 0 Å². The minimum absolute atomic E-state index is 0.263. The smallest absolute Gasteiger partial charge is 0.244 e.